The lowest BCUT2D eigenvalue weighted by Gasteiger charge is -2.38. The summed E-state index contributed by atoms with van der Waals surface area (Å²) in [7, 11) is 0. The number of aromatic hydroxyl groups is 1. The molecule has 1 aromatic carbocycles. The van der Waals surface area contributed by atoms with Crippen molar-refractivity contribution in [3.05, 3.63) is 24.3 Å². The Balaban J connectivity index is 1.46. The maximum Gasteiger partial charge on any atom is 0.310 e. The van der Waals surface area contributed by atoms with Gasteiger partial charge in [0.1, 0.15) is 5.75 Å². The average molecular weight is 375 g/mol. The first-order valence-electron chi connectivity index (χ1n) is 9.77. The van der Waals surface area contributed by atoms with Crippen molar-refractivity contribution in [1.82, 2.24) is 9.80 Å². The predicted octanol–water partition coefficient (Wildman–Crippen LogP) is 1.32. The van der Waals surface area contributed by atoms with Crippen molar-refractivity contribution in [3.8, 4) is 5.75 Å². The number of piperidine rings is 1. The van der Waals surface area contributed by atoms with Crippen molar-refractivity contribution in [2.24, 2.45) is 5.92 Å². The fraction of sp³-hybridized carbons (Fsp3) is 0.600. The van der Waals surface area contributed by atoms with E-state index in [2.05, 4.69) is 9.80 Å². The molecule has 1 N–H and O–H groups in total. The Bertz CT molecular complexity index is 641. The highest BCUT2D eigenvalue weighted by molar-refractivity contribution is 5.79. The second kappa shape index (κ2) is 9.08. The molecule has 0 bridgehead atoms. The number of esters is 1. The minimum atomic E-state index is -0.142. The molecule has 0 aromatic heterocycles. The highest BCUT2D eigenvalue weighted by atomic mass is 16.5. The maximum atomic E-state index is 12.7. The second-order valence-electron chi connectivity index (χ2n) is 7.21. The van der Waals surface area contributed by atoms with Gasteiger partial charge in [0.2, 0.25) is 5.91 Å². The topological polar surface area (TPSA) is 73.3 Å². The van der Waals surface area contributed by atoms with Gasteiger partial charge >= 0.3 is 5.97 Å². The first-order chi connectivity index (χ1) is 13.1. The first-order valence-corrected chi connectivity index (χ1v) is 9.77. The van der Waals surface area contributed by atoms with Crippen LogP contribution in [0.3, 0.4) is 0 Å². The van der Waals surface area contributed by atoms with E-state index in [4.69, 9.17) is 4.74 Å². The van der Waals surface area contributed by atoms with Gasteiger partial charge in [-0.1, -0.05) is 0 Å². The molecule has 1 amide bonds. The van der Waals surface area contributed by atoms with E-state index in [0.717, 1.165) is 38.2 Å². The first kappa shape index (κ1) is 19.5. The SMILES string of the molecule is CCOC(=O)[C@H]1CCCN(CC(=O)N2CCN(c3ccc(O)cc3)CC2)C1. The number of phenolic OH excluding ortho intramolecular Hbond substituents is 1. The van der Waals surface area contributed by atoms with Gasteiger partial charge in [-0.05, 0) is 50.6 Å². The summed E-state index contributed by atoms with van der Waals surface area (Å²) >= 11 is 0. The Morgan fingerprint density at radius 2 is 1.81 bits per heavy atom. The van der Waals surface area contributed by atoms with E-state index >= 15 is 0 Å². The maximum absolute atomic E-state index is 12.7. The number of anilines is 1. The third-order valence-corrected chi connectivity index (χ3v) is 5.33. The Morgan fingerprint density at radius 1 is 1.11 bits per heavy atom. The molecule has 1 atom stereocenters. The minimum Gasteiger partial charge on any atom is -0.508 e. The predicted molar refractivity (Wildman–Crippen MR) is 103 cm³/mol. The number of amides is 1. The van der Waals surface area contributed by atoms with Crippen LogP contribution in [-0.4, -0.2) is 79.2 Å². The van der Waals surface area contributed by atoms with Crippen LogP contribution in [-0.2, 0) is 14.3 Å². The zero-order valence-electron chi connectivity index (χ0n) is 16.0. The number of rotatable bonds is 5. The van der Waals surface area contributed by atoms with Gasteiger partial charge < -0.3 is 19.6 Å². The van der Waals surface area contributed by atoms with Crippen LogP contribution in [0.15, 0.2) is 24.3 Å². The third kappa shape index (κ3) is 5.13. The van der Waals surface area contributed by atoms with Crippen molar-refractivity contribution in [2.75, 3.05) is 57.3 Å². The normalized spacial score (nSPS) is 21.1. The number of hydrogen-bond donors (Lipinski definition) is 1. The average Bonchev–Trinajstić information content (AvgIpc) is 2.69. The Labute approximate surface area is 160 Å². The molecule has 148 valence electrons. The Morgan fingerprint density at radius 3 is 2.48 bits per heavy atom. The summed E-state index contributed by atoms with van der Waals surface area (Å²) in [5, 5.41) is 9.40. The molecule has 7 nitrogen and oxygen atoms in total. The number of ether oxygens (including phenoxy) is 1. The fourth-order valence-electron chi connectivity index (χ4n) is 3.82. The zero-order valence-corrected chi connectivity index (χ0v) is 16.0. The molecule has 27 heavy (non-hydrogen) atoms. The summed E-state index contributed by atoms with van der Waals surface area (Å²) in [6, 6.07) is 7.17. The molecule has 2 aliphatic heterocycles. The fourth-order valence-corrected chi connectivity index (χ4v) is 3.82. The number of phenols is 1. The van der Waals surface area contributed by atoms with Crippen molar-refractivity contribution in [2.45, 2.75) is 19.8 Å². The molecule has 3 rings (SSSR count). The van der Waals surface area contributed by atoms with Crippen LogP contribution in [0.4, 0.5) is 5.69 Å². The molecule has 0 unspecified atom stereocenters. The number of benzene rings is 1. The van der Waals surface area contributed by atoms with Gasteiger partial charge in [0, 0.05) is 38.4 Å². The van der Waals surface area contributed by atoms with Crippen LogP contribution in [0.2, 0.25) is 0 Å². The van der Waals surface area contributed by atoms with Crippen LogP contribution in [0.25, 0.3) is 0 Å². The van der Waals surface area contributed by atoms with Crippen molar-refractivity contribution < 1.29 is 19.4 Å². The summed E-state index contributed by atoms with van der Waals surface area (Å²) in [5.74, 6) is 0.134. The third-order valence-electron chi connectivity index (χ3n) is 5.33. The lowest BCUT2D eigenvalue weighted by Crippen LogP contribution is -2.52. The minimum absolute atomic E-state index is 0.113. The summed E-state index contributed by atoms with van der Waals surface area (Å²) in [6.45, 7) is 7.00. The molecule has 0 radical (unpaired) electrons. The lowest BCUT2D eigenvalue weighted by atomic mass is 9.98. The molecule has 7 heteroatoms. The zero-order chi connectivity index (χ0) is 19.2. The lowest BCUT2D eigenvalue weighted by molar-refractivity contribution is -0.150. The molecule has 2 fully saturated rings. The van der Waals surface area contributed by atoms with Gasteiger partial charge in [0.15, 0.2) is 0 Å². The number of hydrogen-bond acceptors (Lipinski definition) is 6. The molecular weight excluding hydrogens is 346 g/mol. The molecular formula is C20H29N3O4. The molecule has 2 saturated heterocycles. The van der Waals surface area contributed by atoms with Crippen LogP contribution in [0.1, 0.15) is 19.8 Å². The van der Waals surface area contributed by atoms with Gasteiger partial charge in [-0.15, -0.1) is 0 Å². The van der Waals surface area contributed by atoms with Gasteiger partial charge in [-0.2, -0.15) is 0 Å². The van der Waals surface area contributed by atoms with Crippen LogP contribution >= 0.6 is 0 Å². The summed E-state index contributed by atoms with van der Waals surface area (Å²) < 4.78 is 5.13. The summed E-state index contributed by atoms with van der Waals surface area (Å²) in [6.07, 6.45) is 1.76. The largest absolute Gasteiger partial charge is 0.508 e. The van der Waals surface area contributed by atoms with Crippen LogP contribution < -0.4 is 4.90 Å². The molecule has 2 heterocycles. The second-order valence-corrected chi connectivity index (χ2v) is 7.21. The number of likely N-dealkylation sites (tertiary alicyclic amines) is 1. The van der Waals surface area contributed by atoms with E-state index in [9.17, 15) is 14.7 Å². The molecule has 0 saturated carbocycles. The number of carbonyl (C=O) groups is 2. The monoisotopic (exact) mass is 375 g/mol. The number of nitrogens with zero attached hydrogens (tertiary/aromatic N) is 3. The molecule has 0 spiro atoms. The molecule has 1 aromatic rings. The van der Waals surface area contributed by atoms with Crippen molar-refractivity contribution in [1.29, 1.82) is 0 Å². The Hall–Kier alpha value is -2.28. The van der Waals surface area contributed by atoms with Gasteiger partial charge in [-0.25, -0.2) is 0 Å². The van der Waals surface area contributed by atoms with Crippen LogP contribution in [0, 0.1) is 5.92 Å². The highest BCUT2D eigenvalue weighted by Crippen LogP contribution is 2.21. The molecule has 0 aliphatic carbocycles. The highest BCUT2D eigenvalue weighted by Gasteiger charge is 2.29. The quantitative estimate of drug-likeness (QED) is 0.783. The van der Waals surface area contributed by atoms with E-state index in [0.29, 0.717) is 32.8 Å². The molecule has 2 aliphatic rings. The summed E-state index contributed by atoms with van der Waals surface area (Å²) in [5.41, 5.74) is 1.06. The summed E-state index contributed by atoms with van der Waals surface area (Å²) in [4.78, 5) is 30.8. The number of piperazine rings is 1. The van der Waals surface area contributed by atoms with E-state index in [1.165, 1.54) is 0 Å². The van der Waals surface area contributed by atoms with E-state index in [-0.39, 0.29) is 23.5 Å². The standard InChI is InChI=1S/C20H29N3O4/c1-2-27-20(26)16-4-3-9-21(14-16)15-19(25)23-12-10-22(11-13-23)17-5-7-18(24)8-6-17/h5-8,16,24H,2-4,9-15H2,1H3/t16-/m0/s1. The van der Waals surface area contributed by atoms with Gasteiger partial charge in [0.05, 0.1) is 19.1 Å². The van der Waals surface area contributed by atoms with E-state index in [1.54, 1.807) is 12.1 Å². The Kier molecular flexibility index (Phi) is 6.55. The van der Waals surface area contributed by atoms with E-state index in [1.807, 2.05) is 24.0 Å². The smallest absolute Gasteiger partial charge is 0.310 e. The van der Waals surface area contributed by atoms with Crippen molar-refractivity contribution in [3.63, 3.8) is 0 Å². The van der Waals surface area contributed by atoms with E-state index < -0.39 is 0 Å². The van der Waals surface area contributed by atoms with Crippen molar-refractivity contribution >= 4 is 17.6 Å². The van der Waals surface area contributed by atoms with Gasteiger partial charge in [-0.3, -0.25) is 14.5 Å². The van der Waals surface area contributed by atoms with Gasteiger partial charge in [0.25, 0.3) is 0 Å². The van der Waals surface area contributed by atoms with Crippen LogP contribution in [0.5, 0.6) is 5.75 Å². The number of carbonyl (C=O) groups excluding carboxylic acids is 2.